The van der Waals surface area contributed by atoms with Crippen LogP contribution in [0.3, 0.4) is 0 Å². The summed E-state index contributed by atoms with van der Waals surface area (Å²) in [5.74, 6) is 1.32. The molecule has 0 aliphatic heterocycles. The Labute approximate surface area is 137 Å². The minimum Gasteiger partial charge on any atom is -0.365 e. The van der Waals surface area contributed by atoms with E-state index in [1.807, 2.05) is 31.5 Å². The summed E-state index contributed by atoms with van der Waals surface area (Å²) in [5, 5.41) is 3.27. The predicted molar refractivity (Wildman–Crippen MR) is 91.6 cm³/mol. The average Bonchev–Trinajstić information content (AvgIpc) is 2.98. The number of pyridine rings is 1. The van der Waals surface area contributed by atoms with Gasteiger partial charge in [-0.1, -0.05) is 6.92 Å². The van der Waals surface area contributed by atoms with Crippen molar-refractivity contribution in [1.82, 2.24) is 19.9 Å². The first-order chi connectivity index (χ1) is 11.2. The molecule has 0 aromatic carbocycles. The lowest BCUT2D eigenvalue weighted by Crippen LogP contribution is -2.10. The average molecular weight is 327 g/mol. The van der Waals surface area contributed by atoms with Crippen LogP contribution in [0.1, 0.15) is 23.2 Å². The van der Waals surface area contributed by atoms with Crippen LogP contribution in [0.2, 0.25) is 0 Å². The molecule has 0 aliphatic carbocycles. The molecule has 0 amide bonds. The first-order valence-corrected chi connectivity index (χ1v) is 8.23. The zero-order valence-electron chi connectivity index (χ0n) is 13.0. The van der Waals surface area contributed by atoms with E-state index in [2.05, 4.69) is 25.3 Å². The Bertz CT molecular complexity index is 853. The van der Waals surface area contributed by atoms with E-state index in [1.54, 1.807) is 17.5 Å². The summed E-state index contributed by atoms with van der Waals surface area (Å²) >= 11 is 1.62. The molecule has 3 aromatic rings. The number of H-pyrrole nitrogens is 1. The quantitative estimate of drug-likeness (QED) is 0.753. The van der Waals surface area contributed by atoms with Crippen LogP contribution < -0.4 is 10.9 Å². The van der Waals surface area contributed by atoms with Gasteiger partial charge in [-0.2, -0.15) is 0 Å². The molecule has 2 N–H and O–H groups in total. The Hall–Kier alpha value is -2.54. The lowest BCUT2D eigenvalue weighted by Gasteiger charge is -2.06. The van der Waals surface area contributed by atoms with E-state index in [-0.39, 0.29) is 5.56 Å². The van der Waals surface area contributed by atoms with Crippen LogP contribution >= 0.6 is 11.3 Å². The molecular weight excluding hydrogens is 310 g/mol. The van der Waals surface area contributed by atoms with E-state index in [0.717, 1.165) is 29.2 Å². The zero-order chi connectivity index (χ0) is 16.2. The standard InChI is InChI=1S/C16H17N5OS/c1-3-12-6-15(22)21-16(20-12)11-4-5-14(17-7-11)18-8-13-10(2)19-9-23-13/h4-7,9H,3,8H2,1-2H3,(H,17,18)(H,20,21,22). The van der Waals surface area contributed by atoms with Gasteiger partial charge in [0.25, 0.3) is 5.56 Å². The lowest BCUT2D eigenvalue weighted by atomic mass is 10.2. The highest BCUT2D eigenvalue weighted by atomic mass is 32.1. The zero-order valence-corrected chi connectivity index (χ0v) is 13.8. The highest BCUT2D eigenvalue weighted by Crippen LogP contribution is 2.17. The maximum absolute atomic E-state index is 11.6. The number of rotatable bonds is 5. The number of thiazole rings is 1. The molecule has 0 unspecified atom stereocenters. The molecule has 0 aliphatic rings. The fraction of sp³-hybridized carbons (Fsp3) is 0.250. The van der Waals surface area contributed by atoms with Gasteiger partial charge in [-0.25, -0.2) is 15.0 Å². The van der Waals surface area contributed by atoms with Crippen molar-refractivity contribution in [3.05, 3.63) is 56.5 Å². The highest BCUT2D eigenvalue weighted by Gasteiger charge is 2.05. The fourth-order valence-corrected chi connectivity index (χ4v) is 2.85. The molecule has 3 rings (SSSR count). The van der Waals surface area contributed by atoms with Gasteiger partial charge in [-0.3, -0.25) is 4.79 Å². The van der Waals surface area contributed by atoms with Gasteiger partial charge in [0.1, 0.15) is 11.6 Å². The van der Waals surface area contributed by atoms with E-state index in [0.29, 0.717) is 12.4 Å². The van der Waals surface area contributed by atoms with Crippen LogP contribution in [0.15, 0.2) is 34.7 Å². The molecule has 0 bridgehead atoms. The number of anilines is 1. The molecule has 0 saturated carbocycles. The number of aryl methyl sites for hydroxylation is 2. The van der Waals surface area contributed by atoms with Crippen LogP contribution in [-0.4, -0.2) is 19.9 Å². The number of aromatic nitrogens is 4. The molecule has 3 aromatic heterocycles. The Morgan fingerprint density at radius 3 is 2.83 bits per heavy atom. The molecule has 0 saturated heterocycles. The lowest BCUT2D eigenvalue weighted by molar-refractivity contribution is 0.985. The van der Waals surface area contributed by atoms with Crippen molar-refractivity contribution in [1.29, 1.82) is 0 Å². The normalized spacial score (nSPS) is 10.7. The van der Waals surface area contributed by atoms with Crippen molar-refractivity contribution >= 4 is 17.2 Å². The minimum atomic E-state index is -0.144. The third-order valence-corrected chi connectivity index (χ3v) is 4.40. The van der Waals surface area contributed by atoms with Crippen molar-refractivity contribution in [3.63, 3.8) is 0 Å². The summed E-state index contributed by atoms with van der Waals surface area (Å²) in [4.78, 5) is 28.6. The molecule has 3 heterocycles. The van der Waals surface area contributed by atoms with Crippen LogP contribution in [0.4, 0.5) is 5.82 Å². The third kappa shape index (κ3) is 3.62. The van der Waals surface area contributed by atoms with E-state index < -0.39 is 0 Å². The van der Waals surface area contributed by atoms with E-state index in [9.17, 15) is 4.79 Å². The smallest absolute Gasteiger partial charge is 0.251 e. The monoisotopic (exact) mass is 327 g/mol. The number of nitrogens with one attached hydrogen (secondary N) is 2. The SMILES string of the molecule is CCc1cc(=O)[nH]c(-c2ccc(NCc3scnc3C)nc2)n1. The second-order valence-corrected chi connectivity index (χ2v) is 6.02. The Kier molecular flexibility index (Phi) is 4.47. The maximum atomic E-state index is 11.6. The van der Waals surface area contributed by atoms with Crippen LogP contribution in [-0.2, 0) is 13.0 Å². The number of hydrogen-bond donors (Lipinski definition) is 2. The second-order valence-electron chi connectivity index (χ2n) is 5.09. The van der Waals surface area contributed by atoms with Gasteiger partial charge in [-0.05, 0) is 25.5 Å². The van der Waals surface area contributed by atoms with Gasteiger partial charge in [0, 0.05) is 28.4 Å². The van der Waals surface area contributed by atoms with Crippen molar-refractivity contribution in [2.75, 3.05) is 5.32 Å². The maximum Gasteiger partial charge on any atom is 0.251 e. The summed E-state index contributed by atoms with van der Waals surface area (Å²) in [6.45, 7) is 4.66. The third-order valence-electron chi connectivity index (χ3n) is 3.47. The van der Waals surface area contributed by atoms with E-state index in [4.69, 9.17) is 0 Å². The van der Waals surface area contributed by atoms with Crippen molar-refractivity contribution in [3.8, 4) is 11.4 Å². The summed E-state index contributed by atoms with van der Waals surface area (Å²) in [7, 11) is 0. The molecule has 23 heavy (non-hydrogen) atoms. The van der Waals surface area contributed by atoms with Gasteiger partial charge >= 0.3 is 0 Å². The summed E-state index contributed by atoms with van der Waals surface area (Å²) < 4.78 is 0. The van der Waals surface area contributed by atoms with Gasteiger partial charge < -0.3 is 10.3 Å². The van der Waals surface area contributed by atoms with Crippen molar-refractivity contribution < 1.29 is 0 Å². The minimum absolute atomic E-state index is 0.144. The summed E-state index contributed by atoms with van der Waals surface area (Å²) in [6, 6.07) is 5.29. The van der Waals surface area contributed by atoms with E-state index in [1.165, 1.54) is 10.9 Å². The predicted octanol–water partition coefficient (Wildman–Crippen LogP) is 2.77. The molecule has 0 spiro atoms. The number of hydrogen-bond acceptors (Lipinski definition) is 6. The van der Waals surface area contributed by atoms with Gasteiger partial charge in [0.15, 0.2) is 0 Å². The first-order valence-electron chi connectivity index (χ1n) is 7.35. The van der Waals surface area contributed by atoms with Crippen LogP contribution in [0, 0.1) is 6.92 Å². The summed E-state index contributed by atoms with van der Waals surface area (Å²) in [5.41, 5.74) is 4.29. The first kappa shape index (κ1) is 15.4. The molecule has 0 atom stereocenters. The van der Waals surface area contributed by atoms with Crippen molar-refractivity contribution in [2.45, 2.75) is 26.8 Å². The largest absolute Gasteiger partial charge is 0.365 e. The van der Waals surface area contributed by atoms with Crippen LogP contribution in [0.5, 0.6) is 0 Å². The van der Waals surface area contributed by atoms with Crippen molar-refractivity contribution in [2.24, 2.45) is 0 Å². The molecule has 7 heteroatoms. The molecule has 0 radical (unpaired) electrons. The molecule has 6 nitrogen and oxygen atoms in total. The number of nitrogens with zero attached hydrogens (tertiary/aromatic N) is 3. The van der Waals surface area contributed by atoms with Crippen LogP contribution in [0.25, 0.3) is 11.4 Å². The fourth-order valence-electron chi connectivity index (χ4n) is 2.13. The highest BCUT2D eigenvalue weighted by molar-refractivity contribution is 7.09. The van der Waals surface area contributed by atoms with Gasteiger partial charge in [-0.15, -0.1) is 11.3 Å². The Morgan fingerprint density at radius 2 is 2.17 bits per heavy atom. The topological polar surface area (TPSA) is 83.6 Å². The van der Waals surface area contributed by atoms with Gasteiger partial charge in [0.05, 0.1) is 17.7 Å². The molecular formula is C16H17N5OS. The molecule has 118 valence electrons. The second kappa shape index (κ2) is 6.70. The summed E-state index contributed by atoms with van der Waals surface area (Å²) in [6.07, 6.45) is 2.43. The molecule has 0 fully saturated rings. The van der Waals surface area contributed by atoms with Gasteiger partial charge in [0.2, 0.25) is 0 Å². The Balaban J connectivity index is 1.75. The number of aromatic amines is 1. The van der Waals surface area contributed by atoms with E-state index >= 15 is 0 Å². The Morgan fingerprint density at radius 1 is 1.30 bits per heavy atom.